The molecule has 0 fully saturated rings. The Bertz CT molecular complexity index is 376. The second-order valence-electron chi connectivity index (χ2n) is 5.11. The summed E-state index contributed by atoms with van der Waals surface area (Å²) in [6, 6.07) is 2.50. The summed E-state index contributed by atoms with van der Waals surface area (Å²) < 4.78 is 7.43. The van der Waals surface area contributed by atoms with Gasteiger partial charge in [-0.15, -0.1) is 11.3 Å². The van der Waals surface area contributed by atoms with Crippen molar-refractivity contribution in [2.24, 2.45) is 0 Å². The van der Waals surface area contributed by atoms with Gasteiger partial charge < -0.3 is 10.1 Å². The van der Waals surface area contributed by atoms with Gasteiger partial charge in [-0.25, -0.2) is 0 Å². The highest BCUT2D eigenvalue weighted by Gasteiger charge is 2.36. The Balaban J connectivity index is 2.93. The topological polar surface area (TPSA) is 21.3 Å². The van der Waals surface area contributed by atoms with Gasteiger partial charge >= 0.3 is 0 Å². The number of hydrogen-bond donors (Lipinski definition) is 1. The minimum atomic E-state index is -0.0622. The first kappa shape index (κ1) is 18.1. The minimum absolute atomic E-state index is 0.0622. The fraction of sp³-hybridized carbons (Fsp3) is 0.750. The first-order chi connectivity index (χ1) is 9.63. The van der Waals surface area contributed by atoms with E-state index in [0.29, 0.717) is 6.04 Å². The van der Waals surface area contributed by atoms with Crippen LogP contribution in [0.4, 0.5) is 0 Å². The smallest absolute Gasteiger partial charge is 0.0832 e. The molecular weight excluding hydrogens is 334 g/mol. The van der Waals surface area contributed by atoms with Gasteiger partial charge in [-0.05, 0) is 60.1 Å². The molecule has 4 heteroatoms. The molecule has 20 heavy (non-hydrogen) atoms. The Morgan fingerprint density at radius 2 is 2.00 bits per heavy atom. The predicted molar refractivity (Wildman–Crippen MR) is 92.7 cm³/mol. The van der Waals surface area contributed by atoms with Crippen LogP contribution in [-0.4, -0.2) is 24.8 Å². The average Bonchev–Trinajstić information content (AvgIpc) is 2.86. The molecule has 1 aromatic rings. The molecule has 0 aliphatic carbocycles. The number of rotatable bonds is 10. The van der Waals surface area contributed by atoms with Crippen molar-refractivity contribution in [2.45, 2.75) is 65.0 Å². The molecule has 1 aromatic heterocycles. The van der Waals surface area contributed by atoms with Crippen LogP contribution in [0.25, 0.3) is 0 Å². The van der Waals surface area contributed by atoms with Crippen LogP contribution in [0.1, 0.15) is 51.8 Å². The Morgan fingerprint density at radius 3 is 2.45 bits per heavy atom. The number of nitrogens with one attached hydrogen (secondary N) is 1. The second kappa shape index (κ2) is 9.19. The van der Waals surface area contributed by atoms with Crippen molar-refractivity contribution >= 4 is 27.3 Å². The van der Waals surface area contributed by atoms with E-state index in [2.05, 4.69) is 60.4 Å². The summed E-state index contributed by atoms with van der Waals surface area (Å²) in [5.74, 6) is 0. The molecule has 0 saturated heterocycles. The third-order valence-corrected chi connectivity index (χ3v) is 5.93. The summed E-state index contributed by atoms with van der Waals surface area (Å²) in [5.41, 5.74) is -0.0622. The molecule has 1 heterocycles. The summed E-state index contributed by atoms with van der Waals surface area (Å²) in [5, 5.41) is 5.87. The molecule has 1 rings (SSSR count). The third kappa shape index (κ3) is 4.55. The molecular formula is C16H28BrNOS. The van der Waals surface area contributed by atoms with Gasteiger partial charge in [0, 0.05) is 28.4 Å². The molecule has 0 aliphatic heterocycles. The Hall–Kier alpha value is 0.1000. The normalized spacial score (nSPS) is 13.7. The summed E-state index contributed by atoms with van der Waals surface area (Å²) in [6.45, 7) is 10.6. The van der Waals surface area contributed by atoms with Gasteiger partial charge in [0.2, 0.25) is 0 Å². The molecule has 1 unspecified atom stereocenters. The van der Waals surface area contributed by atoms with Crippen LogP contribution in [0.5, 0.6) is 0 Å². The molecule has 0 aromatic carbocycles. The van der Waals surface area contributed by atoms with Crippen LogP contribution >= 0.6 is 27.3 Å². The highest BCUT2D eigenvalue weighted by atomic mass is 79.9. The number of ether oxygens (including phenoxy) is 1. The highest BCUT2D eigenvalue weighted by Crippen LogP contribution is 2.31. The average molecular weight is 362 g/mol. The van der Waals surface area contributed by atoms with Gasteiger partial charge in [0.05, 0.1) is 5.60 Å². The van der Waals surface area contributed by atoms with Gasteiger partial charge in [-0.2, -0.15) is 0 Å². The maximum Gasteiger partial charge on any atom is 0.0832 e. The lowest BCUT2D eigenvalue weighted by Crippen LogP contribution is -2.53. The number of hydrogen-bond acceptors (Lipinski definition) is 3. The summed E-state index contributed by atoms with van der Waals surface area (Å²) >= 11 is 5.48. The van der Waals surface area contributed by atoms with Crippen molar-refractivity contribution in [1.82, 2.24) is 5.32 Å². The van der Waals surface area contributed by atoms with Crippen LogP contribution < -0.4 is 5.32 Å². The lowest BCUT2D eigenvalue weighted by molar-refractivity contribution is -0.0717. The monoisotopic (exact) mass is 361 g/mol. The number of thiophene rings is 1. The Morgan fingerprint density at radius 1 is 1.30 bits per heavy atom. The van der Waals surface area contributed by atoms with Crippen LogP contribution in [-0.2, 0) is 11.2 Å². The third-order valence-electron chi connectivity index (χ3n) is 3.99. The lowest BCUT2D eigenvalue weighted by Gasteiger charge is -2.40. The molecule has 116 valence electrons. The van der Waals surface area contributed by atoms with E-state index in [1.165, 1.54) is 9.35 Å². The van der Waals surface area contributed by atoms with Crippen molar-refractivity contribution in [2.75, 3.05) is 13.2 Å². The first-order valence-corrected chi connectivity index (χ1v) is 9.39. The van der Waals surface area contributed by atoms with Gasteiger partial charge in [0.15, 0.2) is 0 Å². The van der Waals surface area contributed by atoms with Crippen molar-refractivity contribution in [3.63, 3.8) is 0 Å². The standard InChI is InChI=1S/C16H28BrNOS/c1-5-10-18-15(12-14-13(17)9-11-20-14)16(6-2,7-3)19-8-4/h9,11,15,18H,5-8,10,12H2,1-4H3. The Labute approximate surface area is 136 Å². The molecule has 0 bridgehead atoms. The van der Waals surface area contributed by atoms with Crippen molar-refractivity contribution in [1.29, 1.82) is 0 Å². The van der Waals surface area contributed by atoms with Gasteiger partial charge in [0.1, 0.15) is 0 Å². The molecule has 2 nitrogen and oxygen atoms in total. The van der Waals surface area contributed by atoms with E-state index in [1.807, 2.05) is 11.3 Å². The molecule has 0 amide bonds. The van der Waals surface area contributed by atoms with Gasteiger partial charge in [0.25, 0.3) is 0 Å². The van der Waals surface area contributed by atoms with Crippen LogP contribution in [0.2, 0.25) is 0 Å². The molecule has 0 radical (unpaired) electrons. The Kier molecular flexibility index (Phi) is 8.34. The fourth-order valence-electron chi connectivity index (χ4n) is 2.75. The van der Waals surface area contributed by atoms with Crippen molar-refractivity contribution in [3.8, 4) is 0 Å². The van der Waals surface area contributed by atoms with Gasteiger partial charge in [-0.3, -0.25) is 0 Å². The maximum atomic E-state index is 6.20. The molecule has 1 N–H and O–H groups in total. The zero-order valence-electron chi connectivity index (χ0n) is 13.2. The van der Waals surface area contributed by atoms with E-state index in [4.69, 9.17) is 4.74 Å². The first-order valence-electron chi connectivity index (χ1n) is 7.72. The zero-order chi connectivity index (χ0) is 15.0. The minimum Gasteiger partial charge on any atom is -0.374 e. The van der Waals surface area contributed by atoms with Crippen LogP contribution in [0.3, 0.4) is 0 Å². The SMILES string of the molecule is CCCNC(Cc1sccc1Br)C(CC)(CC)OCC. The molecule has 1 atom stereocenters. The van der Waals surface area contributed by atoms with E-state index in [9.17, 15) is 0 Å². The number of halogens is 1. The van der Waals surface area contributed by atoms with Gasteiger partial charge in [-0.1, -0.05) is 20.8 Å². The van der Waals surface area contributed by atoms with Crippen molar-refractivity contribution in [3.05, 3.63) is 20.8 Å². The maximum absolute atomic E-state index is 6.20. The second-order valence-corrected chi connectivity index (χ2v) is 6.96. The quantitative estimate of drug-likeness (QED) is 0.631. The summed E-state index contributed by atoms with van der Waals surface area (Å²) in [6.07, 6.45) is 4.26. The molecule has 0 aliphatic rings. The summed E-state index contributed by atoms with van der Waals surface area (Å²) in [7, 11) is 0. The fourth-order valence-corrected chi connectivity index (χ4v) is 4.32. The van der Waals surface area contributed by atoms with Crippen LogP contribution in [0.15, 0.2) is 15.9 Å². The van der Waals surface area contributed by atoms with E-state index in [-0.39, 0.29) is 5.60 Å². The van der Waals surface area contributed by atoms with Crippen LogP contribution in [0, 0.1) is 0 Å². The largest absolute Gasteiger partial charge is 0.374 e. The van der Waals surface area contributed by atoms with Crippen molar-refractivity contribution < 1.29 is 4.74 Å². The summed E-state index contributed by atoms with van der Waals surface area (Å²) in [4.78, 5) is 1.41. The molecule has 0 spiro atoms. The molecule has 0 saturated carbocycles. The zero-order valence-corrected chi connectivity index (χ0v) is 15.6. The predicted octanol–water partition coefficient (Wildman–Crippen LogP) is 5.02. The van der Waals surface area contributed by atoms with E-state index >= 15 is 0 Å². The highest BCUT2D eigenvalue weighted by molar-refractivity contribution is 9.10. The van der Waals surface area contributed by atoms with E-state index in [0.717, 1.165) is 38.8 Å². The lowest BCUT2D eigenvalue weighted by atomic mass is 9.85. The van der Waals surface area contributed by atoms with E-state index < -0.39 is 0 Å². The van der Waals surface area contributed by atoms with E-state index in [1.54, 1.807) is 0 Å².